The quantitative estimate of drug-likeness (QED) is 0.0696. The standard InChI is InChI=1S/C52H65N3O8/c1-10-15-24-55(25-16-11-2)35-26-33(31-56)44(41(58)28-35)46-47(59)45(48(46)60)36-29-39(54-49(61)32-20-18-17-19-21-32)40(57)30-38(36)53-50(62)42(12-3)63-43-23-22-34(51(6,7)13-4)27-37(43)52(8,9)14-5/h17-23,26-30,42,56,58-59H,10-16,24-25,31H2,1-9H3,(H,53,62)(H,54,61)/b45-36+. The van der Waals surface area contributed by atoms with Gasteiger partial charge in [-0.3, -0.25) is 19.2 Å². The summed E-state index contributed by atoms with van der Waals surface area (Å²) in [6.45, 7) is 19.8. The Morgan fingerprint density at radius 3 is 2.00 bits per heavy atom. The zero-order chi connectivity index (χ0) is 46.2. The molecule has 336 valence electrons. The smallest absolute Gasteiger partial charge is 0.265 e. The Kier molecular flexibility index (Phi) is 15.6. The Balaban J connectivity index is 1.57. The van der Waals surface area contributed by atoms with Gasteiger partial charge >= 0.3 is 0 Å². The Morgan fingerprint density at radius 2 is 1.43 bits per heavy atom. The highest BCUT2D eigenvalue weighted by Gasteiger charge is 2.42. The van der Waals surface area contributed by atoms with Crippen LogP contribution in [0, 0.1) is 0 Å². The van der Waals surface area contributed by atoms with Gasteiger partial charge in [-0.05, 0) is 84.4 Å². The number of ketones is 2. The number of allylic oxidation sites excluding steroid dienone is 4. The number of aliphatic hydroxyl groups is 2. The van der Waals surface area contributed by atoms with Crippen molar-refractivity contribution >= 4 is 34.6 Å². The van der Waals surface area contributed by atoms with Crippen LogP contribution >= 0.6 is 0 Å². The molecule has 1 atom stereocenters. The molecule has 5 rings (SSSR count). The second kappa shape index (κ2) is 20.5. The summed E-state index contributed by atoms with van der Waals surface area (Å²) in [5.41, 5.74) is 2.18. The van der Waals surface area contributed by atoms with Gasteiger partial charge in [-0.25, -0.2) is 0 Å². The summed E-state index contributed by atoms with van der Waals surface area (Å²) in [5.74, 6) is -2.77. The average molecular weight is 860 g/mol. The van der Waals surface area contributed by atoms with Crippen molar-refractivity contribution < 1.29 is 39.2 Å². The van der Waals surface area contributed by atoms with Crippen molar-refractivity contribution in [1.82, 2.24) is 10.6 Å². The first-order valence-electron chi connectivity index (χ1n) is 22.4. The maximum atomic E-state index is 14.3. The highest BCUT2D eigenvalue weighted by atomic mass is 16.5. The number of ether oxygens (including phenoxy) is 1. The van der Waals surface area contributed by atoms with Gasteiger partial charge in [0.1, 0.15) is 17.3 Å². The van der Waals surface area contributed by atoms with Gasteiger partial charge in [0.25, 0.3) is 11.8 Å². The highest BCUT2D eigenvalue weighted by Crippen LogP contribution is 2.46. The zero-order valence-corrected chi connectivity index (χ0v) is 38.4. The van der Waals surface area contributed by atoms with Gasteiger partial charge in [-0.1, -0.05) is 105 Å². The minimum Gasteiger partial charge on any atom is -0.507 e. The first-order valence-corrected chi connectivity index (χ1v) is 22.4. The van der Waals surface area contributed by atoms with E-state index in [1.54, 1.807) is 43.3 Å². The fourth-order valence-electron chi connectivity index (χ4n) is 7.66. The molecule has 11 heteroatoms. The minimum absolute atomic E-state index is 0.0133. The van der Waals surface area contributed by atoms with Crippen LogP contribution in [0.2, 0.25) is 0 Å². The van der Waals surface area contributed by atoms with E-state index in [-0.39, 0.29) is 67.8 Å². The van der Waals surface area contributed by atoms with Crippen LogP contribution in [0.5, 0.6) is 11.5 Å². The molecule has 1 unspecified atom stereocenters. The monoisotopic (exact) mass is 859 g/mol. The van der Waals surface area contributed by atoms with Crippen molar-refractivity contribution in [1.29, 1.82) is 0 Å². The molecule has 2 aliphatic rings. The van der Waals surface area contributed by atoms with Crippen molar-refractivity contribution in [2.24, 2.45) is 0 Å². The van der Waals surface area contributed by atoms with Gasteiger partial charge in [-0.15, -0.1) is 0 Å². The Morgan fingerprint density at radius 1 is 0.778 bits per heavy atom. The summed E-state index contributed by atoms with van der Waals surface area (Å²) in [6, 6.07) is 17.6. The number of Topliss-reactive ketones (excluding diaryl/α,β-unsaturated/α-hetero) is 1. The van der Waals surface area contributed by atoms with Crippen molar-refractivity contribution in [2.45, 2.75) is 131 Å². The molecule has 0 heterocycles. The van der Waals surface area contributed by atoms with Crippen molar-refractivity contribution in [2.75, 3.05) is 18.0 Å². The van der Waals surface area contributed by atoms with E-state index < -0.39 is 41.9 Å². The molecule has 2 aliphatic carbocycles. The molecule has 5 N–H and O–H groups in total. The number of nitrogens with zero attached hydrogens (tertiary/aromatic N) is 1. The molecule has 0 saturated heterocycles. The van der Waals surface area contributed by atoms with Gasteiger partial charge in [0.2, 0.25) is 11.6 Å². The van der Waals surface area contributed by atoms with Gasteiger partial charge in [0.15, 0.2) is 6.10 Å². The molecular formula is C52H65N3O8. The van der Waals surface area contributed by atoms with E-state index in [1.165, 1.54) is 12.1 Å². The van der Waals surface area contributed by atoms with Crippen molar-refractivity contribution in [3.05, 3.63) is 129 Å². The number of phenols is 1. The van der Waals surface area contributed by atoms with E-state index in [2.05, 4.69) is 77.0 Å². The number of hydrogen-bond donors (Lipinski definition) is 5. The van der Waals surface area contributed by atoms with Gasteiger partial charge in [0.05, 0.1) is 29.1 Å². The molecule has 0 radical (unpaired) electrons. The van der Waals surface area contributed by atoms with E-state index in [0.717, 1.165) is 68.8 Å². The summed E-state index contributed by atoms with van der Waals surface area (Å²) in [7, 11) is 0. The first-order chi connectivity index (χ1) is 30.0. The van der Waals surface area contributed by atoms with Crippen LogP contribution in [0.3, 0.4) is 0 Å². The minimum atomic E-state index is -1.03. The molecule has 0 bridgehead atoms. The molecule has 63 heavy (non-hydrogen) atoms. The van der Waals surface area contributed by atoms with Gasteiger partial charge in [0, 0.05) is 53.2 Å². The van der Waals surface area contributed by atoms with E-state index in [9.17, 15) is 34.5 Å². The lowest BCUT2D eigenvalue weighted by atomic mass is 9.76. The maximum Gasteiger partial charge on any atom is 0.265 e. The molecule has 0 aliphatic heterocycles. The third-order valence-electron chi connectivity index (χ3n) is 12.6. The second-order valence-corrected chi connectivity index (χ2v) is 17.7. The summed E-state index contributed by atoms with van der Waals surface area (Å²) >= 11 is 0. The van der Waals surface area contributed by atoms with E-state index in [4.69, 9.17) is 4.74 Å². The summed E-state index contributed by atoms with van der Waals surface area (Å²) < 4.78 is 6.51. The fraction of sp³-hybridized carbons (Fsp3) is 0.423. The molecule has 3 aromatic rings. The predicted molar refractivity (Wildman–Crippen MR) is 249 cm³/mol. The van der Waals surface area contributed by atoms with Gasteiger partial charge in [-0.2, -0.15) is 0 Å². The van der Waals surface area contributed by atoms with Gasteiger partial charge < -0.3 is 35.6 Å². The molecule has 0 aromatic heterocycles. The lowest BCUT2D eigenvalue weighted by Gasteiger charge is -2.32. The molecule has 0 spiro atoms. The number of hydrogen-bond acceptors (Lipinski definition) is 9. The van der Waals surface area contributed by atoms with E-state index in [0.29, 0.717) is 11.4 Å². The molecule has 11 nitrogen and oxygen atoms in total. The number of anilines is 1. The topological polar surface area (TPSA) is 165 Å². The normalized spacial score (nSPS) is 16.0. The number of amides is 2. The molecule has 0 saturated carbocycles. The van der Waals surface area contributed by atoms with Crippen molar-refractivity contribution in [3.8, 4) is 11.5 Å². The van der Waals surface area contributed by atoms with Crippen LogP contribution in [0.25, 0.3) is 5.57 Å². The number of carbonyl (C=O) groups is 4. The lowest BCUT2D eigenvalue weighted by molar-refractivity contribution is -0.127. The van der Waals surface area contributed by atoms with Crippen LogP contribution in [-0.4, -0.2) is 57.9 Å². The Hall–Kier alpha value is -5.94. The number of aliphatic hydroxyl groups excluding tert-OH is 2. The van der Waals surface area contributed by atoms with Crippen LogP contribution < -0.4 is 20.3 Å². The molecule has 0 fully saturated rings. The van der Waals surface area contributed by atoms with E-state index in [1.807, 2.05) is 12.1 Å². The number of rotatable bonds is 20. The van der Waals surface area contributed by atoms with E-state index >= 15 is 0 Å². The maximum absolute atomic E-state index is 14.3. The number of phenolic OH excluding ortho intramolecular Hbond substituents is 1. The van der Waals surface area contributed by atoms with Crippen molar-refractivity contribution in [3.63, 3.8) is 0 Å². The fourth-order valence-corrected chi connectivity index (χ4v) is 7.66. The number of nitrogens with one attached hydrogen (secondary N) is 2. The SMILES string of the molecule is CCCCN(CCCC)c1cc(O)c(C2=C(O)/C(=C3/C=C(NC(=O)c4ccccc4)C(=O)C=C3NC(=O)C(CC)Oc3ccc(C(C)(C)CC)cc3C(C)(C)CC)C2=O)c(CO)c1. The summed E-state index contributed by atoms with van der Waals surface area (Å²) in [6.07, 6.45) is 7.11. The first kappa shape index (κ1) is 48.1. The highest BCUT2D eigenvalue weighted by molar-refractivity contribution is 6.40. The number of aromatic hydroxyl groups is 1. The Labute approximate surface area is 372 Å². The Bertz CT molecular complexity index is 2340. The lowest BCUT2D eigenvalue weighted by Crippen LogP contribution is -2.40. The molecule has 3 aromatic carbocycles. The third-order valence-corrected chi connectivity index (χ3v) is 12.6. The number of carbonyl (C=O) groups excluding carboxylic acids is 4. The van der Waals surface area contributed by atoms with Crippen LogP contribution in [0.15, 0.2) is 101 Å². The predicted octanol–water partition coefficient (Wildman–Crippen LogP) is 9.57. The number of benzene rings is 3. The largest absolute Gasteiger partial charge is 0.507 e. The van der Waals surface area contributed by atoms with Crippen LogP contribution in [0.4, 0.5) is 5.69 Å². The molecule has 2 amide bonds. The summed E-state index contributed by atoms with van der Waals surface area (Å²) in [4.78, 5) is 57.6. The van der Waals surface area contributed by atoms with Crippen LogP contribution in [0.1, 0.15) is 140 Å². The second-order valence-electron chi connectivity index (χ2n) is 17.7. The zero-order valence-electron chi connectivity index (χ0n) is 38.4. The number of unbranched alkanes of at least 4 members (excludes halogenated alkanes) is 2. The third kappa shape index (κ3) is 10.5. The average Bonchev–Trinajstić information content (AvgIpc) is 3.27. The summed E-state index contributed by atoms with van der Waals surface area (Å²) in [5, 5.41) is 39.2. The van der Waals surface area contributed by atoms with Crippen LogP contribution in [-0.2, 0) is 31.8 Å². The molecular weight excluding hydrogens is 795 g/mol.